The van der Waals surface area contributed by atoms with E-state index in [1.165, 1.54) is 7.11 Å². The molecule has 1 N–H and O–H groups in total. The third kappa shape index (κ3) is 5.78. The smallest absolute Gasteiger partial charge is 0.317 e. The molecule has 10 heteroatoms. The third-order valence-corrected chi connectivity index (χ3v) is 7.53. The zero-order chi connectivity index (χ0) is 28.2. The van der Waals surface area contributed by atoms with Gasteiger partial charge in [0.15, 0.2) is 0 Å². The highest BCUT2D eigenvalue weighted by atomic mass is 16.5. The number of carbonyl (C=O) groups is 2. The average Bonchev–Trinajstić information content (AvgIpc) is 3.61. The minimum Gasteiger partial charge on any atom is -0.490 e. The van der Waals surface area contributed by atoms with Gasteiger partial charge in [-0.05, 0) is 74.8 Å². The molecular weight excluding hydrogens is 510 g/mol. The van der Waals surface area contributed by atoms with Gasteiger partial charge in [0.25, 0.3) is 5.89 Å². The van der Waals surface area contributed by atoms with E-state index in [1.54, 1.807) is 18.2 Å². The minimum absolute atomic E-state index is 0.0491. The number of ether oxygens (including phenoxy) is 2. The Hall–Kier alpha value is -4.39. The Morgan fingerprint density at radius 1 is 1.20 bits per heavy atom. The predicted octanol–water partition coefficient (Wildman–Crippen LogP) is 5.03. The van der Waals surface area contributed by atoms with Gasteiger partial charge in [-0.25, -0.2) is 4.79 Å². The summed E-state index contributed by atoms with van der Waals surface area (Å²) in [6.07, 6.45) is 3.49. The number of nitriles is 1. The van der Waals surface area contributed by atoms with Crippen LogP contribution in [-0.4, -0.2) is 53.3 Å². The number of hydrogen-bond acceptors (Lipinski definition) is 8. The molecule has 5 rings (SSSR count). The molecule has 1 atom stereocenters. The van der Waals surface area contributed by atoms with E-state index in [9.17, 15) is 14.9 Å². The topological polar surface area (TPSA) is 131 Å². The second-order valence-electron chi connectivity index (χ2n) is 10.5. The van der Waals surface area contributed by atoms with E-state index < -0.39 is 0 Å². The molecule has 1 saturated heterocycles. The van der Waals surface area contributed by atoms with Gasteiger partial charge in [-0.3, -0.25) is 4.79 Å². The van der Waals surface area contributed by atoms with Crippen LogP contribution in [0, 0.1) is 17.2 Å². The second kappa shape index (κ2) is 11.8. The summed E-state index contributed by atoms with van der Waals surface area (Å²) in [6.45, 7) is 5.06. The van der Waals surface area contributed by atoms with E-state index in [-0.39, 0.29) is 30.1 Å². The largest absolute Gasteiger partial charge is 0.490 e. The van der Waals surface area contributed by atoms with Gasteiger partial charge in [0, 0.05) is 30.6 Å². The van der Waals surface area contributed by atoms with Crippen LogP contribution in [0.15, 0.2) is 40.9 Å². The summed E-state index contributed by atoms with van der Waals surface area (Å²) in [5.41, 5.74) is 4.06. The zero-order valence-corrected chi connectivity index (χ0v) is 23.0. The standard InChI is InChI=1S/C30H33N5O5/c1-18(2)39-26-10-7-20(16-21(26)17-31)29-33-28(34-40-29)24-6-4-5-23-22(24)8-9-25(23)32-30(37)35-13-11-19(12-14-35)15-27(36)38-3/h4-7,10,16,18-19,25H,8-9,11-15H2,1-3H3,(H,32,37). The Labute approximate surface area is 233 Å². The maximum absolute atomic E-state index is 13.1. The van der Waals surface area contributed by atoms with Gasteiger partial charge in [-0.2, -0.15) is 10.2 Å². The predicted molar refractivity (Wildman–Crippen MR) is 146 cm³/mol. The summed E-state index contributed by atoms with van der Waals surface area (Å²) < 4.78 is 16.1. The Morgan fingerprint density at radius 3 is 2.73 bits per heavy atom. The zero-order valence-electron chi connectivity index (χ0n) is 23.0. The van der Waals surface area contributed by atoms with Crippen molar-refractivity contribution in [2.45, 2.75) is 58.1 Å². The molecular formula is C30H33N5O5. The van der Waals surface area contributed by atoms with E-state index in [0.717, 1.165) is 42.4 Å². The Balaban J connectivity index is 1.27. The molecule has 2 amide bonds. The number of piperidine rings is 1. The molecule has 1 aliphatic carbocycles. The van der Waals surface area contributed by atoms with E-state index in [4.69, 9.17) is 14.0 Å². The van der Waals surface area contributed by atoms with E-state index in [1.807, 2.05) is 36.9 Å². The molecule has 2 aromatic carbocycles. The number of nitrogens with one attached hydrogen (secondary N) is 1. The molecule has 208 valence electrons. The molecule has 10 nitrogen and oxygen atoms in total. The monoisotopic (exact) mass is 543 g/mol. The number of esters is 1. The second-order valence-corrected chi connectivity index (χ2v) is 10.5. The van der Waals surface area contributed by atoms with Crippen LogP contribution >= 0.6 is 0 Å². The number of aromatic nitrogens is 2. The molecule has 1 fully saturated rings. The van der Waals surface area contributed by atoms with Gasteiger partial charge in [0.05, 0.1) is 24.8 Å². The lowest BCUT2D eigenvalue weighted by molar-refractivity contribution is -0.142. The number of methoxy groups -OCH3 is 1. The van der Waals surface area contributed by atoms with Crippen molar-refractivity contribution in [3.8, 4) is 34.7 Å². The number of likely N-dealkylation sites (tertiary alicyclic amines) is 1. The summed E-state index contributed by atoms with van der Waals surface area (Å²) in [5, 5.41) is 17.0. The summed E-state index contributed by atoms with van der Waals surface area (Å²) >= 11 is 0. The first-order valence-electron chi connectivity index (χ1n) is 13.7. The van der Waals surface area contributed by atoms with Crippen LogP contribution in [-0.2, 0) is 16.0 Å². The lowest BCUT2D eigenvalue weighted by Crippen LogP contribution is -2.45. The Kier molecular flexibility index (Phi) is 8.01. The molecule has 2 heterocycles. The summed E-state index contributed by atoms with van der Waals surface area (Å²) in [4.78, 5) is 31.1. The molecule has 1 aliphatic heterocycles. The molecule has 40 heavy (non-hydrogen) atoms. The lowest BCUT2D eigenvalue weighted by atomic mass is 9.94. The number of rotatable bonds is 7. The number of nitrogens with zero attached hydrogens (tertiary/aromatic N) is 4. The Morgan fingerprint density at radius 2 is 2.00 bits per heavy atom. The fraction of sp³-hybridized carbons (Fsp3) is 0.433. The van der Waals surface area contributed by atoms with E-state index in [0.29, 0.717) is 48.1 Å². The van der Waals surface area contributed by atoms with Crippen LogP contribution in [0.25, 0.3) is 22.8 Å². The fourth-order valence-electron chi connectivity index (χ4n) is 5.47. The van der Waals surface area contributed by atoms with Crippen LogP contribution < -0.4 is 10.1 Å². The average molecular weight is 544 g/mol. The summed E-state index contributed by atoms with van der Waals surface area (Å²) in [7, 11) is 1.40. The fourth-order valence-corrected chi connectivity index (χ4v) is 5.47. The van der Waals surface area contributed by atoms with Crippen LogP contribution in [0.3, 0.4) is 0 Å². The highest BCUT2D eigenvalue weighted by Crippen LogP contribution is 2.38. The number of urea groups is 1. The molecule has 0 saturated carbocycles. The van der Waals surface area contributed by atoms with Gasteiger partial charge in [-0.1, -0.05) is 23.4 Å². The number of amides is 2. The van der Waals surface area contributed by atoms with Crippen molar-refractivity contribution < 1.29 is 23.6 Å². The van der Waals surface area contributed by atoms with Crippen LogP contribution in [0.4, 0.5) is 4.79 Å². The van der Waals surface area contributed by atoms with Gasteiger partial charge in [-0.15, -0.1) is 0 Å². The van der Waals surface area contributed by atoms with Crippen molar-refractivity contribution in [1.82, 2.24) is 20.4 Å². The van der Waals surface area contributed by atoms with Crippen LogP contribution in [0.5, 0.6) is 5.75 Å². The molecule has 0 spiro atoms. The normalized spacial score (nSPS) is 16.9. The molecule has 3 aromatic rings. The minimum atomic E-state index is -0.198. The number of benzene rings is 2. The van der Waals surface area contributed by atoms with Gasteiger partial charge in [0.2, 0.25) is 5.82 Å². The van der Waals surface area contributed by atoms with Gasteiger partial charge in [0.1, 0.15) is 11.8 Å². The van der Waals surface area contributed by atoms with E-state index in [2.05, 4.69) is 21.5 Å². The maximum Gasteiger partial charge on any atom is 0.317 e. The van der Waals surface area contributed by atoms with Crippen LogP contribution in [0.2, 0.25) is 0 Å². The van der Waals surface area contributed by atoms with Crippen molar-refractivity contribution >= 4 is 12.0 Å². The quantitative estimate of drug-likeness (QED) is 0.411. The van der Waals surface area contributed by atoms with E-state index >= 15 is 0 Å². The molecule has 1 unspecified atom stereocenters. The van der Waals surface area contributed by atoms with Crippen LogP contribution in [0.1, 0.15) is 62.3 Å². The maximum atomic E-state index is 13.1. The first-order valence-corrected chi connectivity index (χ1v) is 13.7. The first-order chi connectivity index (χ1) is 19.4. The molecule has 1 aromatic heterocycles. The number of fused-ring (bicyclic) bond motifs is 1. The van der Waals surface area contributed by atoms with Crippen molar-refractivity contribution in [2.24, 2.45) is 5.92 Å². The molecule has 0 radical (unpaired) electrons. The number of carbonyl (C=O) groups excluding carboxylic acids is 2. The molecule has 0 bridgehead atoms. The highest BCUT2D eigenvalue weighted by Gasteiger charge is 2.31. The number of hydrogen-bond donors (Lipinski definition) is 1. The lowest BCUT2D eigenvalue weighted by Gasteiger charge is -2.32. The Bertz CT molecular complexity index is 1430. The van der Waals surface area contributed by atoms with Crippen molar-refractivity contribution in [2.75, 3.05) is 20.2 Å². The SMILES string of the molecule is COC(=O)CC1CCN(C(=O)NC2CCc3c(-c4noc(-c5ccc(OC(C)C)c(C#N)c5)n4)cccc32)CC1. The highest BCUT2D eigenvalue weighted by molar-refractivity contribution is 5.76. The first kappa shape index (κ1) is 27.2. The van der Waals surface area contributed by atoms with Crippen molar-refractivity contribution in [1.29, 1.82) is 5.26 Å². The third-order valence-electron chi connectivity index (χ3n) is 7.53. The molecule has 2 aliphatic rings. The van der Waals surface area contributed by atoms with Gasteiger partial charge < -0.3 is 24.2 Å². The summed E-state index contributed by atoms with van der Waals surface area (Å²) in [5.74, 6) is 1.35. The summed E-state index contributed by atoms with van der Waals surface area (Å²) in [6, 6.07) is 13.2. The van der Waals surface area contributed by atoms with Gasteiger partial charge >= 0.3 is 12.0 Å². The van der Waals surface area contributed by atoms with Crippen molar-refractivity contribution in [3.63, 3.8) is 0 Å². The van der Waals surface area contributed by atoms with Crippen molar-refractivity contribution in [3.05, 3.63) is 53.1 Å².